The van der Waals surface area contributed by atoms with Gasteiger partial charge in [-0.3, -0.25) is 19.2 Å². The molecule has 1 fully saturated rings. The van der Waals surface area contributed by atoms with Crippen LogP contribution in [0.25, 0.3) is 10.2 Å². The molecule has 3 aromatic rings. The normalized spacial score (nSPS) is 13.7. The number of fused-ring (bicyclic) bond motifs is 1. The number of aromatic nitrogens is 1. The summed E-state index contributed by atoms with van der Waals surface area (Å²) in [7, 11) is 0. The molecule has 0 radical (unpaired) electrons. The van der Waals surface area contributed by atoms with Crippen LogP contribution in [0.4, 0.5) is 26.3 Å². The van der Waals surface area contributed by atoms with E-state index in [0.717, 1.165) is 71.9 Å². The molecular weight excluding hydrogens is 690 g/mol. The third-order valence-corrected chi connectivity index (χ3v) is 8.73. The van der Waals surface area contributed by atoms with Gasteiger partial charge in [-0.2, -0.15) is 26.3 Å². The van der Waals surface area contributed by atoms with Gasteiger partial charge in [0.1, 0.15) is 11.3 Å². The maximum absolute atomic E-state index is 13.1. The molecule has 17 heteroatoms. The first kappa shape index (κ1) is 39.0. The maximum atomic E-state index is 13.1. The first-order valence-corrected chi connectivity index (χ1v) is 16.3. The van der Waals surface area contributed by atoms with E-state index in [-0.39, 0.29) is 16.5 Å². The number of nitrogens with zero attached hydrogens (tertiary/aromatic N) is 1. The Kier molecular flexibility index (Phi) is 14.4. The standard InChI is InChI=1S/C27H35ClN4O3S.C4F6O2/c28-21-5-3-4-19(18-21)10-13-29-15-12-24(34)32(22-6-1-2-7-22)17-16-30-14-11-20-8-9-23(33)25-26(20)36-27(35)31-25;5-3(6,7)1(11)2(12)4(8,9)10/h3-5,8-9,18,22,29-30,33H,1-2,6-7,10-17H2,(H,31,35);. The number of thiazole rings is 1. The number of phenols is 1. The summed E-state index contributed by atoms with van der Waals surface area (Å²) in [5, 5.41) is 17.6. The number of halogens is 7. The Morgan fingerprint density at radius 3 is 2.17 bits per heavy atom. The Morgan fingerprint density at radius 2 is 1.54 bits per heavy atom. The van der Waals surface area contributed by atoms with Crippen molar-refractivity contribution in [3.8, 4) is 5.75 Å². The fourth-order valence-electron chi connectivity index (χ4n) is 5.19. The van der Waals surface area contributed by atoms with Gasteiger partial charge in [-0.05, 0) is 68.1 Å². The van der Waals surface area contributed by atoms with E-state index in [1.54, 1.807) is 6.07 Å². The van der Waals surface area contributed by atoms with Gasteiger partial charge in [0.05, 0.1) is 4.70 Å². The molecule has 0 aliphatic heterocycles. The molecule has 1 aliphatic carbocycles. The van der Waals surface area contributed by atoms with Gasteiger partial charge in [-0.25, -0.2) is 0 Å². The first-order valence-electron chi connectivity index (χ1n) is 15.1. The number of H-pyrrole nitrogens is 1. The van der Waals surface area contributed by atoms with Crippen molar-refractivity contribution in [3.05, 3.63) is 62.2 Å². The number of aromatic hydroxyl groups is 1. The third kappa shape index (κ3) is 11.9. The molecule has 1 amide bonds. The zero-order valence-electron chi connectivity index (χ0n) is 25.6. The number of alkyl halides is 6. The van der Waals surface area contributed by atoms with Gasteiger partial charge in [0.15, 0.2) is 0 Å². The highest BCUT2D eigenvalue weighted by Gasteiger charge is 2.54. The minimum Gasteiger partial charge on any atom is -0.506 e. The molecule has 1 aromatic heterocycles. The van der Waals surface area contributed by atoms with Crippen LogP contribution in [0.2, 0.25) is 5.02 Å². The van der Waals surface area contributed by atoms with Gasteiger partial charge in [0.2, 0.25) is 5.91 Å². The van der Waals surface area contributed by atoms with Crippen molar-refractivity contribution in [1.82, 2.24) is 20.5 Å². The van der Waals surface area contributed by atoms with Gasteiger partial charge in [0.25, 0.3) is 0 Å². The number of nitrogens with one attached hydrogen (secondary N) is 3. The van der Waals surface area contributed by atoms with Crippen molar-refractivity contribution in [2.24, 2.45) is 0 Å². The van der Waals surface area contributed by atoms with Gasteiger partial charge in [0, 0.05) is 37.1 Å². The molecule has 48 heavy (non-hydrogen) atoms. The van der Waals surface area contributed by atoms with Crippen molar-refractivity contribution >= 4 is 50.6 Å². The molecule has 1 aliphatic rings. The summed E-state index contributed by atoms with van der Waals surface area (Å²) in [4.78, 5) is 48.6. The fourth-order valence-corrected chi connectivity index (χ4v) is 6.30. The predicted molar refractivity (Wildman–Crippen MR) is 169 cm³/mol. The molecule has 2 aromatic carbocycles. The molecular formula is C31H35ClF6N4O5S. The zero-order chi connectivity index (χ0) is 35.5. The zero-order valence-corrected chi connectivity index (χ0v) is 27.2. The summed E-state index contributed by atoms with van der Waals surface area (Å²) < 4.78 is 67.8. The molecule has 1 heterocycles. The van der Waals surface area contributed by atoms with Crippen LogP contribution in [0.5, 0.6) is 5.75 Å². The van der Waals surface area contributed by atoms with Crippen LogP contribution in [0.15, 0.2) is 41.2 Å². The van der Waals surface area contributed by atoms with E-state index >= 15 is 0 Å². The number of phenolic OH excluding ortho intramolecular Hbond substituents is 1. The fraction of sp³-hybridized carbons (Fsp3) is 0.484. The quantitative estimate of drug-likeness (QED) is 0.101. The molecule has 264 valence electrons. The van der Waals surface area contributed by atoms with E-state index in [1.165, 1.54) is 18.4 Å². The van der Waals surface area contributed by atoms with E-state index < -0.39 is 23.9 Å². The predicted octanol–water partition coefficient (Wildman–Crippen LogP) is 5.32. The lowest BCUT2D eigenvalue weighted by atomic mass is 10.1. The van der Waals surface area contributed by atoms with Crippen molar-refractivity contribution in [1.29, 1.82) is 0 Å². The smallest absolute Gasteiger partial charge is 0.458 e. The van der Waals surface area contributed by atoms with Gasteiger partial charge < -0.3 is 25.6 Å². The Morgan fingerprint density at radius 1 is 0.917 bits per heavy atom. The van der Waals surface area contributed by atoms with E-state index in [4.69, 9.17) is 11.6 Å². The average molecular weight is 725 g/mol. The number of amides is 1. The van der Waals surface area contributed by atoms with Crippen LogP contribution in [-0.2, 0) is 27.2 Å². The van der Waals surface area contributed by atoms with Crippen LogP contribution in [0.3, 0.4) is 0 Å². The molecule has 0 saturated heterocycles. The van der Waals surface area contributed by atoms with Crippen LogP contribution < -0.4 is 15.5 Å². The van der Waals surface area contributed by atoms with E-state index in [2.05, 4.69) is 26.6 Å². The Bertz CT molecular complexity index is 1580. The summed E-state index contributed by atoms with van der Waals surface area (Å²) in [6, 6.07) is 11.7. The maximum Gasteiger partial charge on any atom is 0.458 e. The second-order valence-electron chi connectivity index (χ2n) is 11.0. The monoisotopic (exact) mass is 724 g/mol. The largest absolute Gasteiger partial charge is 0.506 e. The topological polar surface area (TPSA) is 132 Å². The number of Topliss-reactive ketones (excluding diaryl/α,β-unsaturated/α-hetero) is 2. The number of carbonyl (C=O) groups is 3. The van der Waals surface area contributed by atoms with Crippen molar-refractivity contribution in [3.63, 3.8) is 0 Å². The van der Waals surface area contributed by atoms with Gasteiger partial charge in [-0.15, -0.1) is 0 Å². The second-order valence-corrected chi connectivity index (χ2v) is 12.4. The summed E-state index contributed by atoms with van der Waals surface area (Å²) in [6.45, 7) is 3.67. The summed E-state index contributed by atoms with van der Waals surface area (Å²) >= 11 is 7.18. The SMILES string of the molecule is O=C(C(=O)C(F)(F)F)C(F)(F)F.O=C(CCNCCc1cccc(Cl)c1)N(CCNCCc1ccc(O)c2[nH]c(=O)sc12)C1CCCC1. The van der Waals surface area contributed by atoms with E-state index in [9.17, 15) is 50.6 Å². The number of ketones is 2. The van der Waals surface area contributed by atoms with Crippen molar-refractivity contribution in [2.45, 2.75) is 63.3 Å². The molecule has 1 saturated carbocycles. The number of hydrogen-bond donors (Lipinski definition) is 4. The molecule has 4 rings (SSSR count). The van der Waals surface area contributed by atoms with E-state index in [0.29, 0.717) is 31.1 Å². The third-order valence-electron chi connectivity index (χ3n) is 7.54. The number of carbonyl (C=O) groups excluding carboxylic acids is 3. The Hall–Kier alpha value is -3.47. The van der Waals surface area contributed by atoms with Crippen LogP contribution in [-0.4, -0.2) is 83.6 Å². The lowest BCUT2D eigenvalue weighted by molar-refractivity contribution is -0.193. The van der Waals surface area contributed by atoms with Gasteiger partial charge in [-0.1, -0.05) is 54.0 Å². The molecule has 0 unspecified atom stereocenters. The second kappa shape index (κ2) is 17.8. The lowest BCUT2D eigenvalue weighted by Crippen LogP contribution is -2.44. The molecule has 0 spiro atoms. The highest BCUT2D eigenvalue weighted by Crippen LogP contribution is 2.28. The highest BCUT2D eigenvalue weighted by molar-refractivity contribution is 7.16. The van der Waals surface area contributed by atoms with Crippen LogP contribution in [0, 0.1) is 0 Å². The molecule has 0 atom stereocenters. The van der Waals surface area contributed by atoms with Crippen molar-refractivity contribution in [2.75, 3.05) is 32.7 Å². The first-order chi connectivity index (χ1) is 22.6. The Labute approximate surface area is 280 Å². The number of rotatable bonds is 14. The summed E-state index contributed by atoms with van der Waals surface area (Å²) in [5.41, 5.74) is 2.74. The molecule has 0 bridgehead atoms. The van der Waals surface area contributed by atoms with Gasteiger partial charge >= 0.3 is 28.8 Å². The Balaban J connectivity index is 0.000000444. The summed E-state index contributed by atoms with van der Waals surface area (Å²) in [6.07, 6.45) is -4.84. The number of hydrogen-bond acceptors (Lipinski definition) is 8. The molecule has 4 N–H and O–H groups in total. The van der Waals surface area contributed by atoms with Crippen LogP contribution >= 0.6 is 22.9 Å². The van der Waals surface area contributed by atoms with E-state index in [1.807, 2.05) is 24.3 Å². The van der Waals surface area contributed by atoms with Crippen molar-refractivity contribution < 1.29 is 45.8 Å². The molecule has 9 nitrogen and oxygen atoms in total. The van der Waals surface area contributed by atoms with Crippen LogP contribution in [0.1, 0.15) is 43.2 Å². The number of benzene rings is 2. The summed E-state index contributed by atoms with van der Waals surface area (Å²) in [5.74, 6) is -6.49. The minimum absolute atomic E-state index is 0.102. The minimum atomic E-state index is -5.77. The average Bonchev–Trinajstić information content (AvgIpc) is 3.69. The lowest BCUT2D eigenvalue weighted by Gasteiger charge is -2.29. The number of aromatic amines is 1. The highest BCUT2D eigenvalue weighted by atomic mass is 35.5.